The maximum Gasteiger partial charge on any atom is 0.0541 e. The molecule has 45 heavy (non-hydrogen) atoms. The molecule has 0 N–H and O–H groups in total. The molecule has 0 fully saturated rings. The van der Waals surface area contributed by atoms with Gasteiger partial charge in [-0.3, -0.25) is 0 Å². The van der Waals surface area contributed by atoms with Crippen molar-refractivity contribution in [1.82, 2.24) is 9.13 Å². The van der Waals surface area contributed by atoms with E-state index in [0.717, 1.165) is 11.4 Å². The Balaban J connectivity index is 1.32. The van der Waals surface area contributed by atoms with E-state index in [9.17, 15) is 0 Å². The minimum atomic E-state index is 0.711. The van der Waals surface area contributed by atoms with Crippen molar-refractivity contribution in [1.29, 1.82) is 0 Å². The predicted molar refractivity (Wildman–Crippen MR) is 195 cm³/mol. The van der Waals surface area contributed by atoms with Crippen molar-refractivity contribution in [3.8, 4) is 22.5 Å². The summed E-state index contributed by atoms with van der Waals surface area (Å²) in [6.45, 7) is 0. The fourth-order valence-corrected chi connectivity index (χ4v) is 8.78. The Labute approximate surface area is 261 Å². The number of hydrogen-bond acceptors (Lipinski definition) is 0. The van der Waals surface area contributed by atoms with Gasteiger partial charge in [-0.25, -0.2) is 0 Å². The smallest absolute Gasteiger partial charge is 0.0541 e. The van der Waals surface area contributed by atoms with E-state index in [2.05, 4.69) is 167 Å². The average molecular weight is 591 g/mol. The van der Waals surface area contributed by atoms with E-state index in [-0.39, 0.29) is 0 Å². The lowest BCUT2D eigenvalue weighted by Gasteiger charge is -2.16. The van der Waals surface area contributed by atoms with Crippen molar-refractivity contribution in [2.24, 2.45) is 0 Å². The second-order valence-electron chi connectivity index (χ2n) is 11.9. The van der Waals surface area contributed by atoms with E-state index in [0.29, 0.717) is 8.19 Å². The number of aromatic nitrogens is 2. The van der Waals surface area contributed by atoms with E-state index in [1.165, 1.54) is 75.7 Å². The van der Waals surface area contributed by atoms with Crippen molar-refractivity contribution in [3.05, 3.63) is 158 Å². The third kappa shape index (κ3) is 3.64. The maximum atomic E-state index is 2.44. The second kappa shape index (κ2) is 9.47. The quantitative estimate of drug-likeness (QED) is 0.194. The van der Waals surface area contributed by atoms with Crippen molar-refractivity contribution < 1.29 is 0 Å². The largest absolute Gasteiger partial charge is 0.309 e. The molecule has 0 aliphatic heterocycles. The van der Waals surface area contributed by atoms with Gasteiger partial charge in [-0.05, 0) is 86.7 Å². The lowest BCUT2D eigenvalue weighted by molar-refractivity contribution is 1.13. The van der Waals surface area contributed by atoms with Gasteiger partial charge in [0.1, 0.15) is 0 Å². The first-order valence-electron chi connectivity index (χ1n) is 15.4. The van der Waals surface area contributed by atoms with Gasteiger partial charge in [0.2, 0.25) is 0 Å². The number of fused-ring (bicyclic) bond motifs is 9. The van der Waals surface area contributed by atoms with Crippen LogP contribution in [-0.2, 0) is 0 Å². The van der Waals surface area contributed by atoms with Gasteiger partial charge in [0, 0.05) is 32.9 Å². The van der Waals surface area contributed by atoms with Gasteiger partial charge in [-0.15, -0.1) is 8.19 Å². The molecule has 0 aliphatic carbocycles. The molecular weight excluding hydrogens is 563 g/mol. The molecule has 3 heteroatoms. The van der Waals surface area contributed by atoms with Gasteiger partial charge < -0.3 is 9.13 Å². The molecule has 10 rings (SSSR count). The zero-order chi connectivity index (χ0) is 29.5. The van der Waals surface area contributed by atoms with Gasteiger partial charge in [0.25, 0.3) is 0 Å². The van der Waals surface area contributed by atoms with Crippen molar-refractivity contribution in [2.75, 3.05) is 0 Å². The minimum Gasteiger partial charge on any atom is -0.309 e. The van der Waals surface area contributed by atoms with Crippen LogP contribution in [0.5, 0.6) is 0 Å². The number of hydrogen-bond donors (Lipinski definition) is 0. The molecule has 0 bridgehead atoms. The Bertz CT molecular complexity index is 2530. The van der Waals surface area contributed by atoms with Crippen LogP contribution in [0.4, 0.5) is 0 Å². The fourth-order valence-electron chi connectivity index (χ4n) is 7.45. The molecule has 0 saturated carbocycles. The highest BCUT2D eigenvalue weighted by atomic mass is 31.0. The molecule has 210 valence electrons. The predicted octanol–water partition coefficient (Wildman–Crippen LogP) is 11.9. The Morgan fingerprint density at radius 3 is 1.24 bits per heavy atom. The van der Waals surface area contributed by atoms with Crippen LogP contribution in [0.15, 0.2) is 158 Å². The minimum absolute atomic E-state index is 0.711. The summed E-state index contributed by atoms with van der Waals surface area (Å²) >= 11 is 0. The van der Waals surface area contributed by atoms with Crippen LogP contribution in [0.3, 0.4) is 0 Å². The molecule has 3 aromatic heterocycles. The zero-order valence-corrected chi connectivity index (χ0v) is 25.4. The molecule has 3 heterocycles. The third-order valence-corrected chi connectivity index (χ3v) is 10.8. The summed E-state index contributed by atoms with van der Waals surface area (Å²) < 4.78 is 4.88. The molecule has 0 aliphatic rings. The summed E-state index contributed by atoms with van der Waals surface area (Å²) in [5.41, 5.74) is 9.62. The van der Waals surface area contributed by atoms with Gasteiger partial charge in [0.15, 0.2) is 0 Å². The SMILES string of the molecule is c1ccc2c(c1)[pH]c1ccc(-c3cc(-n4c5ccccc5c5ccccc54)cc(-n4c5ccccc5c5ccccc54)c3)cc12. The Kier molecular flexibility index (Phi) is 5.23. The number of benzene rings is 7. The number of rotatable bonds is 3. The highest BCUT2D eigenvalue weighted by Crippen LogP contribution is 2.41. The summed E-state index contributed by atoms with van der Waals surface area (Å²) in [6.07, 6.45) is 0. The summed E-state index contributed by atoms with van der Waals surface area (Å²) in [5, 5.41) is 10.7. The van der Waals surface area contributed by atoms with Crippen LogP contribution in [0.25, 0.3) is 87.1 Å². The normalized spacial score (nSPS) is 12.2. The molecule has 2 nitrogen and oxygen atoms in total. The molecule has 7 aromatic carbocycles. The van der Waals surface area contributed by atoms with Crippen LogP contribution < -0.4 is 0 Å². The fraction of sp³-hybridized carbons (Fsp3) is 0. The zero-order valence-electron chi connectivity index (χ0n) is 24.4. The van der Waals surface area contributed by atoms with Crippen molar-refractivity contribution >= 4 is 72.8 Å². The van der Waals surface area contributed by atoms with E-state index in [4.69, 9.17) is 0 Å². The highest BCUT2D eigenvalue weighted by molar-refractivity contribution is 7.43. The van der Waals surface area contributed by atoms with Crippen LogP contribution in [0, 0.1) is 0 Å². The van der Waals surface area contributed by atoms with Crippen LogP contribution >= 0.6 is 8.19 Å². The lowest BCUT2D eigenvalue weighted by atomic mass is 10.0. The molecule has 0 radical (unpaired) electrons. The van der Waals surface area contributed by atoms with Crippen LogP contribution in [0.1, 0.15) is 0 Å². The highest BCUT2D eigenvalue weighted by Gasteiger charge is 2.17. The van der Waals surface area contributed by atoms with Crippen molar-refractivity contribution in [3.63, 3.8) is 0 Å². The van der Waals surface area contributed by atoms with Gasteiger partial charge in [-0.1, -0.05) is 103 Å². The molecule has 10 aromatic rings. The molecule has 1 atom stereocenters. The van der Waals surface area contributed by atoms with Gasteiger partial charge in [0.05, 0.1) is 22.1 Å². The van der Waals surface area contributed by atoms with E-state index >= 15 is 0 Å². The molecule has 0 amide bonds. The molecular formula is C42H27N2P. The first-order chi connectivity index (χ1) is 22.3. The summed E-state index contributed by atoms with van der Waals surface area (Å²) in [5.74, 6) is 0. The topological polar surface area (TPSA) is 9.86 Å². The number of nitrogens with zero attached hydrogens (tertiary/aromatic N) is 2. The van der Waals surface area contributed by atoms with Gasteiger partial charge >= 0.3 is 0 Å². The van der Waals surface area contributed by atoms with E-state index in [1.807, 2.05) is 0 Å². The molecule has 0 spiro atoms. The Morgan fingerprint density at radius 2 is 0.733 bits per heavy atom. The molecule has 0 saturated heterocycles. The molecule has 1 unspecified atom stereocenters. The maximum absolute atomic E-state index is 2.44. The summed E-state index contributed by atoms with van der Waals surface area (Å²) in [7, 11) is 0.711. The average Bonchev–Trinajstić information content (AvgIpc) is 3.75. The van der Waals surface area contributed by atoms with Gasteiger partial charge in [-0.2, -0.15) is 0 Å². The second-order valence-corrected chi connectivity index (χ2v) is 13.2. The Hall–Kier alpha value is -5.56. The number of para-hydroxylation sites is 4. The summed E-state index contributed by atoms with van der Waals surface area (Å²) in [6, 6.07) is 58.2. The van der Waals surface area contributed by atoms with Crippen LogP contribution in [0.2, 0.25) is 0 Å². The standard InChI is InChI=1S/C42H27N2P/c1-6-16-37-31(11-1)32-12-2-7-17-38(32)43(37)29-23-28(27-21-22-42-36(25-27)35-15-5-10-20-41(35)45-42)24-30(26-29)44-39-18-8-3-13-33(39)34-14-4-9-19-40(34)44/h1-26,45H. The van der Waals surface area contributed by atoms with Crippen molar-refractivity contribution in [2.45, 2.75) is 0 Å². The Morgan fingerprint density at radius 1 is 0.311 bits per heavy atom. The van der Waals surface area contributed by atoms with E-state index in [1.54, 1.807) is 0 Å². The lowest BCUT2D eigenvalue weighted by Crippen LogP contribution is -2.00. The third-order valence-electron chi connectivity index (χ3n) is 9.42. The first-order valence-corrected chi connectivity index (χ1v) is 16.4. The van der Waals surface area contributed by atoms with E-state index < -0.39 is 0 Å². The monoisotopic (exact) mass is 590 g/mol. The first kappa shape index (κ1) is 24.8. The summed E-state index contributed by atoms with van der Waals surface area (Å²) in [4.78, 5) is 0. The van der Waals surface area contributed by atoms with Crippen LogP contribution in [-0.4, -0.2) is 9.13 Å².